The van der Waals surface area contributed by atoms with Gasteiger partial charge in [-0.1, -0.05) is 6.07 Å². The Morgan fingerprint density at radius 2 is 2.33 bits per heavy atom. The Labute approximate surface area is 133 Å². The van der Waals surface area contributed by atoms with Gasteiger partial charge in [0.05, 0.1) is 24.8 Å². The summed E-state index contributed by atoms with van der Waals surface area (Å²) in [5, 5.41) is 3.23. The van der Waals surface area contributed by atoms with Gasteiger partial charge in [-0.25, -0.2) is 4.79 Å². The minimum atomic E-state index is -0.513. The highest BCUT2D eigenvalue weighted by molar-refractivity contribution is 9.10. The van der Waals surface area contributed by atoms with Gasteiger partial charge in [-0.15, -0.1) is 0 Å². The summed E-state index contributed by atoms with van der Waals surface area (Å²) in [4.78, 5) is 12.0. The Kier molecular flexibility index (Phi) is 6.02. The van der Waals surface area contributed by atoms with Crippen LogP contribution in [-0.4, -0.2) is 39.4 Å². The summed E-state index contributed by atoms with van der Waals surface area (Å²) in [6.07, 6.45) is 2.26. The van der Waals surface area contributed by atoms with Gasteiger partial charge in [-0.05, 0) is 46.5 Å². The topological polar surface area (TPSA) is 56.8 Å². The maximum atomic E-state index is 12.0. The smallest absolute Gasteiger partial charge is 0.327 e. The van der Waals surface area contributed by atoms with Gasteiger partial charge in [-0.2, -0.15) is 0 Å². The maximum absolute atomic E-state index is 12.0. The van der Waals surface area contributed by atoms with Crippen molar-refractivity contribution in [2.24, 2.45) is 0 Å². The molecule has 116 valence electrons. The lowest BCUT2D eigenvalue weighted by Gasteiger charge is -2.20. The van der Waals surface area contributed by atoms with Crippen molar-refractivity contribution in [3.8, 4) is 5.75 Å². The molecule has 0 amide bonds. The summed E-state index contributed by atoms with van der Waals surface area (Å²) < 4.78 is 16.5. The molecule has 1 aliphatic heterocycles. The van der Waals surface area contributed by atoms with Gasteiger partial charge in [0, 0.05) is 13.2 Å². The molecule has 5 nitrogen and oxygen atoms in total. The molecule has 0 aliphatic carbocycles. The molecule has 2 rings (SSSR count). The molecule has 1 saturated heterocycles. The third kappa shape index (κ3) is 4.18. The molecule has 0 radical (unpaired) electrons. The predicted molar refractivity (Wildman–Crippen MR) is 82.4 cm³/mol. The third-order valence-corrected chi connectivity index (χ3v) is 4.14. The molecule has 2 unspecified atom stereocenters. The number of methoxy groups -OCH3 is 2. The zero-order valence-electron chi connectivity index (χ0n) is 12.2. The summed E-state index contributed by atoms with van der Waals surface area (Å²) in [7, 11) is 2.99. The number of hydrogen-bond donors (Lipinski definition) is 1. The molecule has 1 aromatic carbocycles. The van der Waals surface area contributed by atoms with E-state index in [4.69, 9.17) is 14.2 Å². The van der Waals surface area contributed by atoms with Crippen molar-refractivity contribution in [2.75, 3.05) is 27.4 Å². The van der Waals surface area contributed by atoms with E-state index in [0.29, 0.717) is 6.54 Å². The molecule has 1 aromatic rings. The van der Waals surface area contributed by atoms with E-state index in [0.717, 1.165) is 35.2 Å². The fourth-order valence-corrected chi connectivity index (χ4v) is 2.93. The maximum Gasteiger partial charge on any atom is 0.327 e. The van der Waals surface area contributed by atoms with Crippen LogP contribution < -0.4 is 10.1 Å². The first-order valence-electron chi connectivity index (χ1n) is 6.92. The van der Waals surface area contributed by atoms with Crippen molar-refractivity contribution >= 4 is 21.9 Å². The van der Waals surface area contributed by atoms with Gasteiger partial charge < -0.3 is 14.2 Å². The average molecular weight is 358 g/mol. The Hall–Kier alpha value is -1.11. The molecule has 0 aromatic heterocycles. The SMILES string of the molecule is COC(=O)C(NCC1CCCO1)c1ccc(OC)c(Br)c1. The average Bonchev–Trinajstić information content (AvgIpc) is 3.00. The number of nitrogens with one attached hydrogen (secondary N) is 1. The second-order valence-electron chi connectivity index (χ2n) is 4.89. The highest BCUT2D eigenvalue weighted by Crippen LogP contribution is 2.28. The van der Waals surface area contributed by atoms with E-state index in [9.17, 15) is 4.79 Å². The summed E-state index contributed by atoms with van der Waals surface area (Å²) in [5.41, 5.74) is 0.826. The molecular formula is C15H20BrNO4. The fourth-order valence-electron chi connectivity index (χ4n) is 2.37. The van der Waals surface area contributed by atoms with Crippen LogP contribution in [0.25, 0.3) is 0 Å². The highest BCUT2D eigenvalue weighted by atomic mass is 79.9. The van der Waals surface area contributed by atoms with Crippen LogP contribution >= 0.6 is 15.9 Å². The van der Waals surface area contributed by atoms with Gasteiger partial charge in [0.1, 0.15) is 11.8 Å². The number of esters is 1. The summed E-state index contributed by atoms with van der Waals surface area (Å²) in [6.45, 7) is 1.42. The molecule has 1 N–H and O–H groups in total. The van der Waals surface area contributed by atoms with Crippen LogP contribution in [0.15, 0.2) is 22.7 Å². The number of hydrogen-bond acceptors (Lipinski definition) is 5. The van der Waals surface area contributed by atoms with Gasteiger partial charge in [0.25, 0.3) is 0 Å². The molecule has 6 heteroatoms. The van der Waals surface area contributed by atoms with Crippen LogP contribution in [-0.2, 0) is 14.3 Å². The molecular weight excluding hydrogens is 338 g/mol. The van der Waals surface area contributed by atoms with Crippen molar-refractivity contribution in [1.82, 2.24) is 5.32 Å². The fraction of sp³-hybridized carbons (Fsp3) is 0.533. The van der Waals surface area contributed by atoms with Gasteiger partial charge in [-0.3, -0.25) is 5.32 Å². The van der Waals surface area contributed by atoms with E-state index in [-0.39, 0.29) is 12.1 Å². The van der Waals surface area contributed by atoms with Crippen molar-refractivity contribution in [1.29, 1.82) is 0 Å². The minimum absolute atomic E-state index is 0.166. The first-order valence-corrected chi connectivity index (χ1v) is 7.71. The molecule has 2 atom stereocenters. The van der Waals surface area contributed by atoms with Gasteiger partial charge in [0.15, 0.2) is 0 Å². The number of carbonyl (C=O) groups excluding carboxylic acids is 1. The largest absolute Gasteiger partial charge is 0.496 e. The first-order chi connectivity index (χ1) is 10.2. The third-order valence-electron chi connectivity index (χ3n) is 3.52. The standard InChI is InChI=1S/C15H20BrNO4/c1-19-13-6-5-10(8-12(13)16)14(15(18)20-2)17-9-11-4-3-7-21-11/h5-6,8,11,14,17H,3-4,7,9H2,1-2H3. The van der Waals surface area contributed by atoms with Crippen molar-refractivity contribution in [2.45, 2.75) is 25.0 Å². The van der Waals surface area contributed by atoms with Crippen LogP contribution in [0.3, 0.4) is 0 Å². The van der Waals surface area contributed by atoms with Crippen LogP contribution in [0.1, 0.15) is 24.4 Å². The monoisotopic (exact) mass is 357 g/mol. The zero-order chi connectivity index (χ0) is 15.2. The molecule has 1 heterocycles. The Bertz CT molecular complexity index is 489. The van der Waals surface area contributed by atoms with E-state index in [2.05, 4.69) is 21.2 Å². The van der Waals surface area contributed by atoms with Crippen LogP contribution in [0, 0.1) is 0 Å². The van der Waals surface area contributed by atoms with E-state index >= 15 is 0 Å². The first kappa shape index (κ1) is 16.3. The summed E-state index contributed by atoms with van der Waals surface area (Å²) in [6, 6.07) is 5.03. The van der Waals surface area contributed by atoms with Crippen LogP contribution in [0.5, 0.6) is 5.75 Å². The lowest BCUT2D eigenvalue weighted by atomic mass is 10.1. The number of carbonyl (C=O) groups is 1. The number of rotatable bonds is 6. The molecule has 21 heavy (non-hydrogen) atoms. The van der Waals surface area contributed by atoms with Gasteiger partial charge >= 0.3 is 5.97 Å². The number of benzene rings is 1. The molecule has 1 aliphatic rings. The lowest BCUT2D eigenvalue weighted by molar-refractivity contribution is -0.143. The molecule has 0 saturated carbocycles. The number of halogens is 1. The second kappa shape index (κ2) is 7.77. The van der Waals surface area contributed by atoms with Crippen LogP contribution in [0.2, 0.25) is 0 Å². The molecule has 1 fully saturated rings. The van der Waals surface area contributed by atoms with E-state index in [1.165, 1.54) is 7.11 Å². The normalized spacial score (nSPS) is 19.3. The van der Waals surface area contributed by atoms with E-state index in [1.807, 2.05) is 18.2 Å². The molecule has 0 bridgehead atoms. The molecule has 0 spiro atoms. The van der Waals surface area contributed by atoms with Gasteiger partial charge in [0.2, 0.25) is 0 Å². The summed E-state index contributed by atoms with van der Waals surface area (Å²) in [5.74, 6) is 0.409. The van der Waals surface area contributed by atoms with Crippen molar-refractivity contribution in [3.05, 3.63) is 28.2 Å². The summed E-state index contributed by atoms with van der Waals surface area (Å²) >= 11 is 3.43. The predicted octanol–water partition coefficient (Wildman–Crippen LogP) is 2.44. The van der Waals surface area contributed by atoms with Crippen molar-refractivity contribution in [3.63, 3.8) is 0 Å². The Morgan fingerprint density at radius 1 is 1.52 bits per heavy atom. The van der Waals surface area contributed by atoms with Crippen molar-refractivity contribution < 1.29 is 19.0 Å². The quantitative estimate of drug-likeness (QED) is 0.792. The minimum Gasteiger partial charge on any atom is -0.496 e. The van der Waals surface area contributed by atoms with E-state index in [1.54, 1.807) is 7.11 Å². The lowest BCUT2D eigenvalue weighted by Crippen LogP contribution is -2.35. The Morgan fingerprint density at radius 3 is 2.90 bits per heavy atom. The van der Waals surface area contributed by atoms with Crippen LogP contribution in [0.4, 0.5) is 0 Å². The second-order valence-corrected chi connectivity index (χ2v) is 5.75. The Balaban J connectivity index is 2.10. The van der Waals surface area contributed by atoms with E-state index < -0.39 is 6.04 Å². The highest BCUT2D eigenvalue weighted by Gasteiger charge is 2.24. The zero-order valence-corrected chi connectivity index (χ0v) is 13.8. The number of ether oxygens (including phenoxy) is 3.